The number of methoxy groups -OCH3 is 1. The highest BCUT2D eigenvalue weighted by Crippen LogP contribution is 2.47. The molecule has 3 N–H and O–H groups in total. The van der Waals surface area contributed by atoms with E-state index in [1.807, 2.05) is 24.3 Å². The van der Waals surface area contributed by atoms with Crippen molar-refractivity contribution < 1.29 is 9.84 Å². The molecule has 2 unspecified atom stereocenters. The minimum absolute atomic E-state index is 0.215. The van der Waals surface area contributed by atoms with Gasteiger partial charge in [-0.1, -0.05) is 24.3 Å². The van der Waals surface area contributed by atoms with Gasteiger partial charge >= 0.3 is 0 Å². The first-order valence-electron chi connectivity index (χ1n) is 6.09. The van der Waals surface area contributed by atoms with Crippen LogP contribution in [-0.4, -0.2) is 22.2 Å². The van der Waals surface area contributed by atoms with Crippen molar-refractivity contribution in [1.82, 2.24) is 9.97 Å². The van der Waals surface area contributed by atoms with Crippen LogP contribution in [0.4, 0.5) is 0 Å². The number of hydrogen-bond acceptors (Lipinski definition) is 5. The van der Waals surface area contributed by atoms with Crippen LogP contribution >= 0.6 is 0 Å². The van der Waals surface area contributed by atoms with Crippen molar-refractivity contribution in [3.8, 4) is 5.88 Å². The quantitative estimate of drug-likeness (QED) is 0.842. The number of ether oxygens (including phenoxy) is 1. The van der Waals surface area contributed by atoms with Crippen molar-refractivity contribution >= 4 is 0 Å². The summed E-state index contributed by atoms with van der Waals surface area (Å²) >= 11 is 0. The second-order valence-corrected chi connectivity index (χ2v) is 4.67. The lowest BCUT2D eigenvalue weighted by atomic mass is 9.92. The molecule has 3 rings (SSSR count). The third-order valence-corrected chi connectivity index (χ3v) is 3.57. The second-order valence-electron chi connectivity index (χ2n) is 4.67. The van der Waals surface area contributed by atoms with Crippen LogP contribution in [-0.2, 0) is 5.60 Å². The van der Waals surface area contributed by atoms with E-state index < -0.39 is 5.60 Å². The largest absolute Gasteiger partial charge is 0.480 e. The van der Waals surface area contributed by atoms with E-state index in [4.69, 9.17) is 10.5 Å². The SMILES string of the molecule is COc1nccnc1C1(O)CC(N)c2ccccc21. The fraction of sp³-hybridized carbons (Fsp3) is 0.286. The highest BCUT2D eigenvalue weighted by molar-refractivity contribution is 5.47. The van der Waals surface area contributed by atoms with E-state index in [-0.39, 0.29) is 6.04 Å². The summed E-state index contributed by atoms with van der Waals surface area (Å²) in [5.74, 6) is 0.328. The minimum Gasteiger partial charge on any atom is -0.480 e. The van der Waals surface area contributed by atoms with Crippen molar-refractivity contribution in [3.63, 3.8) is 0 Å². The lowest BCUT2D eigenvalue weighted by Crippen LogP contribution is -2.27. The molecule has 0 fully saturated rings. The number of nitrogens with two attached hydrogens (primary N) is 1. The molecule has 1 heterocycles. The van der Waals surface area contributed by atoms with E-state index in [9.17, 15) is 5.11 Å². The number of fused-ring (bicyclic) bond motifs is 1. The Labute approximate surface area is 111 Å². The lowest BCUT2D eigenvalue weighted by Gasteiger charge is -2.24. The molecule has 5 heteroatoms. The Bertz CT molecular complexity index is 617. The molecule has 98 valence electrons. The Hall–Kier alpha value is -1.98. The Kier molecular flexibility index (Phi) is 2.73. The van der Waals surface area contributed by atoms with Gasteiger partial charge in [-0.05, 0) is 11.1 Å². The third-order valence-electron chi connectivity index (χ3n) is 3.57. The van der Waals surface area contributed by atoms with Crippen molar-refractivity contribution in [1.29, 1.82) is 0 Å². The number of aromatic nitrogens is 2. The summed E-state index contributed by atoms with van der Waals surface area (Å²) in [5.41, 5.74) is 7.00. The van der Waals surface area contributed by atoms with E-state index in [1.165, 1.54) is 13.3 Å². The molecule has 0 amide bonds. The number of hydrogen-bond donors (Lipinski definition) is 2. The van der Waals surface area contributed by atoms with Crippen LogP contribution in [0.15, 0.2) is 36.7 Å². The van der Waals surface area contributed by atoms with Crippen molar-refractivity contribution in [2.24, 2.45) is 5.73 Å². The molecule has 0 saturated carbocycles. The number of benzene rings is 1. The summed E-state index contributed by atoms with van der Waals surface area (Å²) in [4.78, 5) is 8.34. The standard InChI is InChI=1S/C14H15N3O2/c1-19-13-12(16-6-7-17-13)14(18)8-11(15)9-4-2-3-5-10(9)14/h2-7,11,18H,8,15H2,1H3. The molecule has 0 aliphatic heterocycles. The summed E-state index contributed by atoms with van der Waals surface area (Å²) in [6, 6.07) is 7.38. The van der Waals surface area contributed by atoms with Gasteiger partial charge in [0.25, 0.3) is 0 Å². The molecular weight excluding hydrogens is 242 g/mol. The highest BCUT2D eigenvalue weighted by atomic mass is 16.5. The van der Waals surface area contributed by atoms with Crippen LogP contribution in [0.25, 0.3) is 0 Å². The van der Waals surface area contributed by atoms with E-state index in [2.05, 4.69) is 9.97 Å². The number of nitrogens with zero attached hydrogens (tertiary/aromatic N) is 2. The van der Waals surface area contributed by atoms with Gasteiger partial charge in [-0.25, -0.2) is 4.98 Å². The molecule has 1 aliphatic rings. The Morgan fingerprint density at radius 2 is 2.05 bits per heavy atom. The van der Waals surface area contributed by atoms with Crippen LogP contribution in [0.1, 0.15) is 29.3 Å². The van der Waals surface area contributed by atoms with E-state index in [0.717, 1.165) is 11.1 Å². The van der Waals surface area contributed by atoms with Crippen molar-refractivity contribution in [2.45, 2.75) is 18.1 Å². The van der Waals surface area contributed by atoms with Crippen LogP contribution in [0, 0.1) is 0 Å². The Morgan fingerprint density at radius 1 is 1.32 bits per heavy atom. The molecule has 0 saturated heterocycles. The van der Waals surface area contributed by atoms with E-state index in [1.54, 1.807) is 6.20 Å². The molecule has 19 heavy (non-hydrogen) atoms. The smallest absolute Gasteiger partial charge is 0.238 e. The normalized spacial score (nSPS) is 25.1. The van der Waals surface area contributed by atoms with E-state index in [0.29, 0.717) is 18.0 Å². The van der Waals surface area contributed by atoms with Gasteiger partial charge in [0.2, 0.25) is 5.88 Å². The highest BCUT2D eigenvalue weighted by Gasteiger charge is 2.45. The molecule has 0 bridgehead atoms. The molecule has 2 aromatic rings. The first kappa shape index (κ1) is 12.1. The Balaban J connectivity index is 2.20. The average Bonchev–Trinajstić information content (AvgIpc) is 2.72. The molecule has 5 nitrogen and oxygen atoms in total. The average molecular weight is 257 g/mol. The molecule has 0 spiro atoms. The zero-order chi connectivity index (χ0) is 13.5. The van der Waals surface area contributed by atoms with Crippen molar-refractivity contribution in [2.75, 3.05) is 7.11 Å². The summed E-state index contributed by atoms with van der Waals surface area (Å²) < 4.78 is 5.20. The van der Waals surface area contributed by atoms with Crippen LogP contribution in [0.5, 0.6) is 5.88 Å². The van der Waals surface area contributed by atoms with Gasteiger partial charge < -0.3 is 15.6 Å². The van der Waals surface area contributed by atoms with Gasteiger partial charge in [-0.3, -0.25) is 4.98 Å². The predicted molar refractivity (Wildman–Crippen MR) is 69.6 cm³/mol. The van der Waals surface area contributed by atoms with Gasteiger partial charge in [-0.15, -0.1) is 0 Å². The molecule has 1 aliphatic carbocycles. The van der Waals surface area contributed by atoms with Crippen molar-refractivity contribution in [3.05, 3.63) is 53.5 Å². The van der Waals surface area contributed by atoms with Gasteiger partial charge in [-0.2, -0.15) is 0 Å². The maximum atomic E-state index is 11.0. The second kappa shape index (κ2) is 4.29. The molecule has 2 atom stereocenters. The van der Waals surface area contributed by atoms with Gasteiger partial charge in [0.1, 0.15) is 11.3 Å². The first-order chi connectivity index (χ1) is 9.16. The van der Waals surface area contributed by atoms with E-state index >= 15 is 0 Å². The summed E-state index contributed by atoms with van der Waals surface area (Å²) in [7, 11) is 1.51. The summed E-state index contributed by atoms with van der Waals surface area (Å²) in [6.07, 6.45) is 3.45. The van der Waals surface area contributed by atoms with Crippen LogP contribution in [0.2, 0.25) is 0 Å². The van der Waals surface area contributed by atoms with Gasteiger partial charge in [0.15, 0.2) is 0 Å². The van der Waals surface area contributed by atoms with Gasteiger partial charge in [0.05, 0.1) is 7.11 Å². The monoisotopic (exact) mass is 257 g/mol. The Morgan fingerprint density at radius 3 is 2.84 bits per heavy atom. The summed E-state index contributed by atoms with van der Waals surface area (Å²) in [5, 5.41) is 11.0. The predicted octanol–water partition coefficient (Wildman–Crippen LogP) is 1.12. The minimum atomic E-state index is -1.24. The number of aliphatic hydroxyl groups is 1. The molecule has 1 aromatic heterocycles. The van der Waals surface area contributed by atoms with Crippen LogP contribution < -0.4 is 10.5 Å². The topological polar surface area (TPSA) is 81.3 Å². The lowest BCUT2D eigenvalue weighted by molar-refractivity contribution is 0.0691. The first-order valence-corrected chi connectivity index (χ1v) is 6.09. The fourth-order valence-corrected chi connectivity index (χ4v) is 2.72. The van der Waals surface area contributed by atoms with Gasteiger partial charge in [0, 0.05) is 24.9 Å². The molecule has 0 radical (unpaired) electrons. The summed E-state index contributed by atoms with van der Waals surface area (Å²) in [6.45, 7) is 0. The fourth-order valence-electron chi connectivity index (χ4n) is 2.72. The zero-order valence-electron chi connectivity index (χ0n) is 10.6. The third kappa shape index (κ3) is 1.70. The molecule has 1 aromatic carbocycles. The zero-order valence-corrected chi connectivity index (χ0v) is 10.6. The number of rotatable bonds is 2. The molecular formula is C14H15N3O2. The maximum absolute atomic E-state index is 11.0. The van der Waals surface area contributed by atoms with Crippen LogP contribution in [0.3, 0.4) is 0 Å². The maximum Gasteiger partial charge on any atom is 0.238 e.